The maximum atomic E-state index is 11.8. The lowest BCUT2D eigenvalue weighted by Gasteiger charge is -2.25. The number of nitrogens with one attached hydrogen (secondary N) is 1. The Morgan fingerprint density at radius 2 is 1.83 bits per heavy atom. The van der Waals surface area contributed by atoms with Gasteiger partial charge in [-0.3, -0.25) is 4.79 Å². The number of hydrogen-bond acceptors (Lipinski definition) is 3. The van der Waals surface area contributed by atoms with Gasteiger partial charge in [-0.2, -0.15) is 13.2 Å². The van der Waals surface area contributed by atoms with Gasteiger partial charge in [-0.15, -0.1) is 0 Å². The first-order valence-electron chi connectivity index (χ1n) is 5.44. The summed E-state index contributed by atoms with van der Waals surface area (Å²) in [7, 11) is 0. The molecule has 0 aromatic heterocycles. The van der Waals surface area contributed by atoms with E-state index in [0.29, 0.717) is 12.8 Å². The third-order valence-corrected chi connectivity index (χ3v) is 2.74. The quantitative estimate of drug-likeness (QED) is 0.783. The van der Waals surface area contributed by atoms with E-state index < -0.39 is 36.8 Å². The molecule has 0 spiro atoms. The third-order valence-electron chi connectivity index (χ3n) is 2.74. The van der Waals surface area contributed by atoms with Crippen LogP contribution < -0.4 is 5.32 Å². The normalized spacial score (nSPS) is 18.6. The highest BCUT2D eigenvalue weighted by molar-refractivity contribution is 5.87. The van der Waals surface area contributed by atoms with E-state index in [1.807, 2.05) is 0 Å². The molecule has 0 saturated heterocycles. The van der Waals surface area contributed by atoms with Gasteiger partial charge in [0.15, 0.2) is 0 Å². The Bertz CT molecular complexity index is 324. The smallest absolute Gasteiger partial charge is 0.411 e. The molecular weight excluding hydrogens is 255 g/mol. The van der Waals surface area contributed by atoms with Gasteiger partial charge in [-0.1, -0.05) is 12.8 Å². The van der Waals surface area contributed by atoms with Crippen molar-refractivity contribution in [1.82, 2.24) is 5.32 Å². The van der Waals surface area contributed by atoms with Crippen LogP contribution >= 0.6 is 0 Å². The monoisotopic (exact) mass is 269 g/mol. The molecule has 1 fully saturated rings. The summed E-state index contributed by atoms with van der Waals surface area (Å²) in [6.07, 6.45) is -2.61. The number of ether oxygens (including phenoxy) is 1. The van der Waals surface area contributed by atoms with Gasteiger partial charge in [0.2, 0.25) is 5.91 Å². The molecule has 104 valence electrons. The lowest BCUT2D eigenvalue weighted by molar-refractivity contribution is -0.176. The number of carboxylic acids is 1. The number of halogens is 3. The molecule has 0 unspecified atom stereocenters. The minimum absolute atomic E-state index is 0.285. The average molecular weight is 269 g/mol. The van der Waals surface area contributed by atoms with Gasteiger partial charge < -0.3 is 15.2 Å². The van der Waals surface area contributed by atoms with Gasteiger partial charge in [0.1, 0.15) is 18.8 Å². The van der Waals surface area contributed by atoms with Gasteiger partial charge >= 0.3 is 12.1 Å². The summed E-state index contributed by atoms with van der Waals surface area (Å²) >= 11 is 0. The fourth-order valence-electron chi connectivity index (χ4n) is 1.93. The fraction of sp³-hybridized carbons (Fsp3) is 0.800. The second-order valence-electron chi connectivity index (χ2n) is 4.25. The number of rotatable bonds is 5. The van der Waals surface area contributed by atoms with Crippen molar-refractivity contribution in [2.24, 2.45) is 0 Å². The maximum absolute atomic E-state index is 11.8. The van der Waals surface area contributed by atoms with E-state index in [4.69, 9.17) is 5.11 Å². The predicted molar refractivity (Wildman–Crippen MR) is 53.9 cm³/mol. The van der Waals surface area contributed by atoms with Crippen LogP contribution in [-0.4, -0.2) is 41.9 Å². The Kier molecular flexibility index (Phi) is 4.55. The van der Waals surface area contributed by atoms with Crippen LogP contribution in [0.1, 0.15) is 25.7 Å². The molecule has 1 amide bonds. The molecule has 0 bridgehead atoms. The standard InChI is InChI=1S/C10H14F3NO4/c11-10(12,13)6-18-5-7(15)14-9(8(16)17)3-1-2-4-9/h1-6H2,(H,14,15)(H,16,17). The number of carboxylic acid groups (broad SMARTS) is 1. The van der Waals surface area contributed by atoms with Crippen LogP contribution in [0.25, 0.3) is 0 Å². The summed E-state index contributed by atoms with van der Waals surface area (Å²) in [6.45, 7) is -2.32. The topological polar surface area (TPSA) is 75.6 Å². The molecule has 1 saturated carbocycles. The highest BCUT2D eigenvalue weighted by Crippen LogP contribution is 2.29. The lowest BCUT2D eigenvalue weighted by atomic mass is 9.98. The minimum atomic E-state index is -4.50. The zero-order valence-corrected chi connectivity index (χ0v) is 9.55. The Morgan fingerprint density at radius 1 is 1.28 bits per heavy atom. The summed E-state index contributed by atoms with van der Waals surface area (Å²) in [4.78, 5) is 22.4. The zero-order valence-electron chi connectivity index (χ0n) is 9.55. The molecule has 0 heterocycles. The molecule has 8 heteroatoms. The van der Waals surface area contributed by atoms with Crippen molar-refractivity contribution in [3.8, 4) is 0 Å². The molecule has 1 aliphatic rings. The van der Waals surface area contributed by atoms with Gasteiger partial charge in [-0.25, -0.2) is 4.79 Å². The first kappa shape index (κ1) is 14.7. The van der Waals surface area contributed by atoms with Crippen molar-refractivity contribution in [1.29, 1.82) is 0 Å². The molecule has 18 heavy (non-hydrogen) atoms. The van der Waals surface area contributed by atoms with Crippen molar-refractivity contribution < 1.29 is 32.6 Å². The Morgan fingerprint density at radius 3 is 2.28 bits per heavy atom. The van der Waals surface area contributed by atoms with Gasteiger partial charge in [-0.05, 0) is 12.8 Å². The lowest BCUT2D eigenvalue weighted by Crippen LogP contribution is -2.53. The van der Waals surface area contributed by atoms with Crippen LogP contribution in [-0.2, 0) is 14.3 Å². The minimum Gasteiger partial charge on any atom is -0.480 e. The highest BCUT2D eigenvalue weighted by atomic mass is 19.4. The largest absolute Gasteiger partial charge is 0.480 e. The zero-order chi connectivity index (χ0) is 13.8. The molecule has 0 aromatic rings. The maximum Gasteiger partial charge on any atom is 0.411 e. The second-order valence-corrected chi connectivity index (χ2v) is 4.25. The number of amides is 1. The van der Waals surface area contributed by atoms with E-state index in [9.17, 15) is 22.8 Å². The van der Waals surface area contributed by atoms with Crippen LogP contribution in [0.5, 0.6) is 0 Å². The van der Waals surface area contributed by atoms with Crippen LogP contribution in [0.3, 0.4) is 0 Å². The number of alkyl halides is 3. The van der Waals surface area contributed by atoms with Crippen molar-refractivity contribution in [3.05, 3.63) is 0 Å². The number of carbonyl (C=O) groups is 2. The van der Waals surface area contributed by atoms with Crippen molar-refractivity contribution in [2.45, 2.75) is 37.4 Å². The van der Waals surface area contributed by atoms with Gasteiger partial charge in [0.25, 0.3) is 0 Å². The first-order valence-corrected chi connectivity index (χ1v) is 5.44. The van der Waals surface area contributed by atoms with Crippen LogP contribution in [0, 0.1) is 0 Å². The van der Waals surface area contributed by atoms with Crippen molar-refractivity contribution >= 4 is 11.9 Å². The summed E-state index contributed by atoms with van der Waals surface area (Å²) in [5, 5.41) is 11.3. The average Bonchev–Trinajstić information content (AvgIpc) is 2.65. The molecule has 2 N–H and O–H groups in total. The van der Waals surface area contributed by atoms with E-state index >= 15 is 0 Å². The molecule has 1 rings (SSSR count). The van der Waals surface area contributed by atoms with E-state index in [1.54, 1.807) is 0 Å². The Balaban J connectivity index is 2.41. The summed E-state index contributed by atoms with van der Waals surface area (Å²) < 4.78 is 39.5. The summed E-state index contributed by atoms with van der Waals surface area (Å²) in [6, 6.07) is 0. The van der Waals surface area contributed by atoms with Gasteiger partial charge in [0.05, 0.1) is 0 Å². The van der Waals surface area contributed by atoms with Crippen LogP contribution in [0.15, 0.2) is 0 Å². The second kappa shape index (κ2) is 5.55. The molecule has 0 radical (unpaired) electrons. The SMILES string of the molecule is O=C(COCC(F)(F)F)NC1(C(=O)O)CCCC1. The van der Waals surface area contributed by atoms with E-state index in [1.165, 1.54) is 0 Å². The van der Waals surface area contributed by atoms with Crippen LogP contribution in [0.2, 0.25) is 0 Å². The van der Waals surface area contributed by atoms with Crippen molar-refractivity contribution in [3.63, 3.8) is 0 Å². The molecule has 0 aliphatic heterocycles. The van der Waals surface area contributed by atoms with Gasteiger partial charge in [0, 0.05) is 0 Å². The van der Waals surface area contributed by atoms with E-state index in [-0.39, 0.29) is 12.8 Å². The van der Waals surface area contributed by atoms with E-state index in [0.717, 1.165) is 0 Å². The third kappa shape index (κ3) is 4.17. The predicted octanol–water partition coefficient (Wildman–Crippen LogP) is 1.08. The number of aliphatic carboxylic acids is 1. The first-order chi connectivity index (χ1) is 8.25. The Labute approximate surface area is 101 Å². The molecule has 1 aliphatic carbocycles. The molecule has 0 aromatic carbocycles. The van der Waals surface area contributed by atoms with E-state index in [2.05, 4.69) is 10.1 Å². The van der Waals surface area contributed by atoms with Crippen LogP contribution in [0.4, 0.5) is 13.2 Å². The Hall–Kier alpha value is -1.31. The summed E-state index contributed by atoms with van der Waals surface area (Å²) in [5.41, 5.74) is -1.35. The molecule has 5 nitrogen and oxygen atoms in total. The summed E-state index contributed by atoms with van der Waals surface area (Å²) in [5.74, 6) is -2.01. The number of hydrogen-bond donors (Lipinski definition) is 2. The molecule has 0 atom stereocenters. The fourth-order valence-corrected chi connectivity index (χ4v) is 1.93. The highest BCUT2D eigenvalue weighted by Gasteiger charge is 2.42. The number of carbonyl (C=O) groups excluding carboxylic acids is 1. The van der Waals surface area contributed by atoms with Crippen molar-refractivity contribution in [2.75, 3.05) is 13.2 Å². The molecular formula is C10H14F3NO4.